The van der Waals surface area contributed by atoms with Crippen LogP contribution in [0.3, 0.4) is 0 Å². The lowest BCUT2D eigenvalue weighted by molar-refractivity contribution is 0.261. The minimum Gasteiger partial charge on any atom is -0.491 e. The molecule has 130 valence electrons. The molecule has 24 heavy (non-hydrogen) atoms. The predicted octanol–water partition coefficient (Wildman–Crippen LogP) is 5.44. The molecule has 0 heterocycles. The van der Waals surface area contributed by atoms with Gasteiger partial charge in [-0.2, -0.15) is 0 Å². The fourth-order valence-electron chi connectivity index (χ4n) is 1.71. The van der Waals surface area contributed by atoms with E-state index in [9.17, 15) is 8.78 Å². The fraction of sp³-hybridized carbons (Fsp3) is 0.250. The highest BCUT2D eigenvalue weighted by Crippen LogP contribution is 2.32. The summed E-state index contributed by atoms with van der Waals surface area (Å²) in [7, 11) is 3.91. The maximum Gasteiger partial charge on any atom is 0.141 e. The summed E-state index contributed by atoms with van der Waals surface area (Å²) < 4.78 is 35.8. The van der Waals surface area contributed by atoms with Crippen LogP contribution in [0.15, 0.2) is 39.7 Å². The number of benzene rings is 2. The topological polar surface area (TPSA) is 24.5 Å². The van der Waals surface area contributed by atoms with Crippen molar-refractivity contribution in [3.63, 3.8) is 0 Å². The molecule has 3 nitrogen and oxygen atoms in total. The second kappa shape index (κ2) is 8.89. The van der Waals surface area contributed by atoms with Gasteiger partial charge in [0.05, 0.1) is 14.4 Å². The van der Waals surface area contributed by atoms with E-state index in [1.807, 2.05) is 19.0 Å². The van der Waals surface area contributed by atoms with E-state index in [0.717, 1.165) is 24.6 Å². The second-order valence-corrected chi connectivity index (χ2v) is 7.31. The highest BCUT2D eigenvalue weighted by molar-refractivity contribution is 9.10. The van der Waals surface area contributed by atoms with Crippen molar-refractivity contribution < 1.29 is 13.5 Å². The summed E-state index contributed by atoms with van der Waals surface area (Å²) in [4.78, 5) is 2.27. The van der Waals surface area contributed by atoms with Gasteiger partial charge in [-0.15, -0.1) is 0 Å². The third-order valence-electron chi connectivity index (χ3n) is 2.98. The van der Waals surface area contributed by atoms with E-state index in [1.165, 1.54) is 6.07 Å². The molecule has 0 bridgehead atoms. The smallest absolute Gasteiger partial charge is 0.141 e. The van der Waals surface area contributed by atoms with E-state index in [0.29, 0.717) is 23.1 Å². The summed E-state index contributed by atoms with van der Waals surface area (Å²) >= 11 is 10.2. The van der Waals surface area contributed by atoms with Gasteiger partial charge in [0, 0.05) is 24.4 Å². The molecule has 0 amide bonds. The van der Waals surface area contributed by atoms with Crippen molar-refractivity contribution in [2.45, 2.75) is 4.90 Å². The van der Waals surface area contributed by atoms with Crippen molar-refractivity contribution in [3.8, 4) is 5.75 Å². The van der Waals surface area contributed by atoms with Gasteiger partial charge in [0.1, 0.15) is 24.0 Å². The van der Waals surface area contributed by atoms with E-state index in [1.54, 1.807) is 18.2 Å². The van der Waals surface area contributed by atoms with Gasteiger partial charge < -0.3 is 14.4 Å². The van der Waals surface area contributed by atoms with Crippen molar-refractivity contribution in [1.82, 2.24) is 4.90 Å². The molecule has 1 N–H and O–H groups in total. The number of hydrogen-bond donors (Lipinski definition) is 1. The van der Waals surface area contributed by atoms with Gasteiger partial charge in [-0.25, -0.2) is 8.78 Å². The summed E-state index contributed by atoms with van der Waals surface area (Å²) in [6, 6.07) is 7.41. The Morgan fingerprint density at radius 2 is 1.96 bits per heavy atom. The lowest BCUT2D eigenvalue weighted by Crippen LogP contribution is -2.19. The molecule has 0 aliphatic rings. The minimum absolute atomic E-state index is 0.206. The van der Waals surface area contributed by atoms with Crippen LogP contribution in [0.1, 0.15) is 0 Å². The minimum atomic E-state index is -0.639. The molecule has 0 aliphatic carbocycles. The molecule has 8 heteroatoms. The largest absolute Gasteiger partial charge is 0.491 e. The van der Waals surface area contributed by atoms with Gasteiger partial charge in [0.25, 0.3) is 0 Å². The zero-order chi connectivity index (χ0) is 17.7. The van der Waals surface area contributed by atoms with Crippen LogP contribution in [0.4, 0.5) is 14.5 Å². The van der Waals surface area contributed by atoms with Crippen LogP contribution in [0, 0.1) is 11.6 Å². The molecule has 0 saturated carbocycles. The second-order valence-electron chi connectivity index (χ2n) is 5.20. The summed E-state index contributed by atoms with van der Waals surface area (Å²) in [5, 5.41) is 0.500. The number of nitrogens with zero attached hydrogens (tertiary/aromatic N) is 1. The van der Waals surface area contributed by atoms with E-state index < -0.39 is 11.6 Å². The Labute approximate surface area is 157 Å². The number of rotatable bonds is 7. The van der Waals surface area contributed by atoms with Crippen LogP contribution in [0.25, 0.3) is 0 Å². The molecule has 0 aliphatic heterocycles. The summed E-state index contributed by atoms with van der Waals surface area (Å²) in [5.74, 6) is -0.727. The molecule has 0 aromatic heterocycles. The van der Waals surface area contributed by atoms with E-state index in [-0.39, 0.29) is 9.37 Å². The van der Waals surface area contributed by atoms with Gasteiger partial charge in [0.2, 0.25) is 0 Å². The maximum absolute atomic E-state index is 13.7. The first-order valence-corrected chi connectivity index (χ1v) is 9.00. The van der Waals surface area contributed by atoms with Crippen molar-refractivity contribution in [1.29, 1.82) is 0 Å². The lowest BCUT2D eigenvalue weighted by atomic mass is 10.3. The number of ether oxygens (including phenoxy) is 1. The SMILES string of the molecule is CN(C)CCOc1cc(NSc2cc(Br)c(F)cc2F)ccc1Cl. The number of halogens is 4. The first kappa shape index (κ1) is 19.3. The maximum atomic E-state index is 13.7. The van der Waals surface area contributed by atoms with Crippen LogP contribution in [0.5, 0.6) is 5.75 Å². The highest BCUT2D eigenvalue weighted by Gasteiger charge is 2.10. The first-order valence-electron chi connectivity index (χ1n) is 7.01. The molecule has 0 saturated heterocycles. The molecule has 2 rings (SSSR count). The van der Waals surface area contributed by atoms with Gasteiger partial charge in [-0.1, -0.05) is 11.6 Å². The summed E-state index contributed by atoms with van der Waals surface area (Å²) in [5.41, 5.74) is 0.698. The third-order valence-corrected chi connectivity index (χ3v) is 4.77. The molecular formula is C16H16BrClF2N2OS. The zero-order valence-corrected chi connectivity index (χ0v) is 16.2. The van der Waals surface area contributed by atoms with Crippen LogP contribution in [0.2, 0.25) is 5.02 Å². The number of anilines is 1. The van der Waals surface area contributed by atoms with E-state index >= 15 is 0 Å². The molecular weight excluding hydrogens is 422 g/mol. The monoisotopic (exact) mass is 436 g/mol. The molecule has 0 spiro atoms. The zero-order valence-electron chi connectivity index (χ0n) is 13.1. The van der Waals surface area contributed by atoms with Crippen LogP contribution in [-0.4, -0.2) is 32.1 Å². The van der Waals surface area contributed by atoms with Gasteiger partial charge in [0.15, 0.2) is 0 Å². The Hall–Kier alpha value is -1.02. The van der Waals surface area contributed by atoms with Crippen LogP contribution >= 0.6 is 39.5 Å². The van der Waals surface area contributed by atoms with Gasteiger partial charge in [-0.3, -0.25) is 0 Å². The standard InChI is InChI=1S/C16H16BrClF2N2OS/c1-22(2)5-6-23-15-7-10(3-4-12(15)18)21-24-16-8-11(17)13(19)9-14(16)20/h3-4,7-9,21H,5-6H2,1-2H3. The van der Waals surface area contributed by atoms with Gasteiger partial charge in [-0.05, 0) is 60.2 Å². The van der Waals surface area contributed by atoms with Crippen molar-refractivity contribution in [2.24, 2.45) is 0 Å². The van der Waals surface area contributed by atoms with Crippen molar-refractivity contribution >= 4 is 45.2 Å². The normalized spacial score (nSPS) is 11.0. The summed E-state index contributed by atoms with van der Waals surface area (Å²) in [6.07, 6.45) is 0. The quantitative estimate of drug-likeness (QED) is 0.460. The lowest BCUT2D eigenvalue weighted by Gasteiger charge is -2.13. The Balaban J connectivity index is 2.04. The first-order chi connectivity index (χ1) is 11.4. The molecule has 0 atom stereocenters. The average Bonchev–Trinajstić information content (AvgIpc) is 2.52. The van der Waals surface area contributed by atoms with Crippen molar-refractivity contribution in [3.05, 3.63) is 51.5 Å². The predicted molar refractivity (Wildman–Crippen MR) is 99.0 cm³/mol. The van der Waals surface area contributed by atoms with Crippen molar-refractivity contribution in [2.75, 3.05) is 32.0 Å². The molecule has 0 radical (unpaired) electrons. The summed E-state index contributed by atoms with van der Waals surface area (Å²) in [6.45, 7) is 1.26. The Bertz CT molecular complexity index is 719. The van der Waals surface area contributed by atoms with E-state index in [2.05, 4.69) is 20.7 Å². The van der Waals surface area contributed by atoms with Crippen LogP contribution in [-0.2, 0) is 0 Å². The number of likely N-dealkylation sites (N-methyl/N-ethyl adjacent to an activating group) is 1. The van der Waals surface area contributed by atoms with E-state index in [4.69, 9.17) is 16.3 Å². The van der Waals surface area contributed by atoms with Crippen LogP contribution < -0.4 is 9.46 Å². The fourth-order valence-corrected chi connectivity index (χ4v) is 3.07. The number of hydrogen-bond acceptors (Lipinski definition) is 4. The highest BCUT2D eigenvalue weighted by atomic mass is 79.9. The Morgan fingerprint density at radius 3 is 2.67 bits per heavy atom. The van der Waals surface area contributed by atoms with Gasteiger partial charge >= 0.3 is 0 Å². The Morgan fingerprint density at radius 1 is 1.21 bits per heavy atom. The average molecular weight is 438 g/mol. The third kappa shape index (κ3) is 5.51. The Kier molecular flexibility index (Phi) is 7.16. The number of nitrogens with one attached hydrogen (secondary N) is 1. The molecule has 2 aromatic rings. The molecule has 0 unspecified atom stereocenters. The molecule has 2 aromatic carbocycles. The molecule has 0 fully saturated rings.